The van der Waals surface area contributed by atoms with Crippen LogP contribution in [0.1, 0.15) is 50.9 Å². The summed E-state index contributed by atoms with van der Waals surface area (Å²) in [4.78, 5) is 42.3. The monoisotopic (exact) mass is 425 g/mol. The van der Waals surface area contributed by atoms with E-state index in [9.17, 15) is 14.4 Å². The molecular formula is C26H23N3O3. The summed E-state index contributed by atoms with van der Waals surface area (Å²) in [5.74, 6) is -0.273. The first kappa shape index (κ1) is 20.0. The van der Waals surface area contributed by atoms with Gasteiger partial charge in [-0.25, -0.2) is 0 Å². The molecule has 3 aromatic carbocycles. The Kier molecular flexibility index (Phi) is 5.19. The maximum atomic E-state index is 13.3. The van der Waals surface area contributed by atoms with Gasteiger partial charge in [-0.1, -0.05) is 60.7 Å². The second kappa shape index (κ2) is 8.30. The van der Waals surface area contributed by atoms with Crippen LogP contribution in [0.3, 0.4) is 0 Å². The first-order valence-electron chi connectivity index (χ1n) is 10.8. The van der Waals surface area contributed by atoms with Gasteiger partial charge < -0.3 is 10.2 Å². The van der Waals surface area contributed by atoms with E-state index in [0.717, 1.165) is 11.1 Å². The molecule has 0 aromatic heterocycles. The van der Waals surface area contributed by atoms with E-state index in [0.29, 0.717) is 42.7 Å². The van der Waals surface area contributed by atoms with Crippen LogP contribution >= 0.6 is 0 Å². The Bertz CT molecular complexity index is 1190. The summed E-state index contributed by atoms with van der Waals surface area (Å²) in [6.07, 6.45) is 0.337. The molecular weight excluding hydrogens is 402 g/mol. The van der Waals surface area contributed by atoms with Gasteiger partial charge in [0.05, 0.1) is 11.3 Å². The van der Waals surface area contributed by atoms with Gasteiger partial charge in [0.1, 0.15) is 6.17 Å². The molecule has 1 N–H and O–H groups in total. The summed E-state index contributed by atoms with van der Waals surface area (Å²) in [7, 11) is 0. The van der Waals surface area contributed by atoms with Crippen LogP contribution in [0.4, 0.5) is 5.69 Å². The summed E-state index contributed by atoms with van der Waals surface area (Å²) in [5, 5.41) is 2.93. The van der Waals surface area contributed by atoms with Crippen LogP contribution in [0.5, 0.6) is 0 Å². The summed E-state index contributed by atoms with van der Waals surface area (Å²) >= 11 is 0. The van der Waals surface area contributed by atoms with Crippen molar-refractivity contribution >= 4 is 23.4 Å². The smallest absolute Gasteiger partial charge is 0.260 e. The maximum Gasteiger partial charge on any atom is 0.260 e. The van der Waals surface area contributed by atoms with Crippen molar-refractivity contribution in [3.05, 3.63) is 101 Å². The molecule has 0 fully saturated rings. The number of nitrogens with zero attached hydrogens (tertiary/aromatic N) is 2. The molecule has 0 aliphatic carbocycles. The second-order valence-corrected chi connectivity index (χ2v) is 8.02. The van der Waals surface area contributed by atoms with Gasteiger partial charge in [0.15, 0.2) is 0 Å². The molecule has 160 valence electrons. The van der Waals surface area contributed by atoms with E-state index < -0.39 is 6.17 Å². The highest BCUT2D eigenvalue weighted by atomic mass is 16.2. The molecule has 3 aromatic rings. The highest BCUT2D eigenvalue weighted by Crippen LogP contribution is 2.45. The van der Waals surface area contributed by atoms with Gasteiger partial charge in [-0.3, -0.25) is 19.3 Å². The van der Waals surface area contributed by atoms with Crippen molar-refractivity contribution in [2.75, 3.05) is 11.4 Å². The van der Waals surface area contributed by atoms with E-state index in [1.807, 2.05) is 60.7 Å². The molecule has 0 spiro atoms. The summed E-state index contributed by atoms with van der Waals surface area (Å²) < 4.78 is 0. The number of benzene rings is 3. The number of fused-ring (bicyclic) bond motifs is 5. The summed E-state index contributed by atoms with van der Waals surface area (Å²) in [6.45, 7) is 0.864. The number of carbonyl (C=O) groups is 3. The zero-order valence-electron chi connectivity index (χ0n) is 17.5. The van der Waals surface area contributed by atoms with E-state index in [1.54, 1.807) is 28.0 Å². The fourth-order valence-corrected chi connectivity index (χ4v) is 4.49. The number of anilines is 1. The average Bonchev–Trinajstić information content (AvgIpc) is 3.13. The largest absolute Gasteiger partial charge is 0.352 e. The maximum absolute atomic E-state index is 13.3. The molecule has 2 aliphatic rings. The van der Waals surface area contributed by atoms with Crippen molar-refractivity contribution in [2.24, 2.45) is 0 Å². The molecule has 6 nitrogen and oxygen atoms in total. The molecule has 2 heterocycles. The molecule has 2 aliphatic heterocycles. The zero-order chi connectivity index (χ0) is 22.1. The van der Waals surface area contributed by atoms with E-state index in [2.05, 4.69) is 5.32 Å². The van der Waals surface area contributed by atoms with Crippen LogP contribution in [0.2, 0.25) is 0 Å². The van der Waals surface area contributed by atoms with E-state index >= 15 is 0 Å². The molecule has 0 saturated heterocycles. The van der Waals surface area contributed by atoms with Crippen molar-refractivity contribution < 1.29 is 14.4 Å². The Morgan fingerprint density at radius 3 is 2.31 bits per heavy atom. The summed E-state index contributed by atoms with van der Waals surface area (Å²) in [6, 6.07) is 24.4. The van der Waals surface area contributed by atoms with E-state index in [4.69, 9.17) is 0 Å². The molecule has 5 rings (SSSR count). The Hall–Kier alpha value is -3.93. The van der Waals surface area contributed by atoms with E-state index in [1.165, 1.54) is 0 Å². The minimum absolute atomic E-state index is 0.0570. The van der Waals surface area contributed by atoms with Gasteiger partial charge in [-0.05, 0) is 30.2 Å². The third-order valence-electron chi connectivity index (χ3n) is 6.02. The molecule has 0 saturated carbocycles. The number of carbonyl (C=O) groups excluding carboxylic acids is 3. The van der Waals surface area contributed by atoms with Crippen molar-refractivity contribution in [3.8, 4) is 0 Å². The van der Waals surface area contributed by atoms with Gasteiger partial charge >= 0.3 is 0 Å². The van der Waals surface area contributed by atoms with Gasteiger partial charge in [0, 0.05) is 30.6 Å². The quantitative estimate of drug-likeness (QED) is 0.651. The Labute approximate surface area is 186 Å². The first-order chi connectivity index (χ1) is 15.6. The van der Waals surface area contributed by atoms with Gasteiger partial charge in [-0.2, -0.15) is 0 Å². The normalized spacial score (nSPS) is 16.4. The predicted octanol–water partition coefficient (Wildman–Crippen LogP) is 3.90. The lowest BCUT2D eigenvalue weighted by atomic mass is 10.0. The molecule has 1 atom stereocenters. The third kappa shape index (κ3) is 3.43. The van der Waals surface area contributed by atoms with Crippen LogP contribution in [0.15, 0.2) is 78.9 Å². The van der Waals surface area contributed by atoms with Crippen molar-refractivity contribution in [2.45, 2.75) is 25.6 Å². The van der Waals surface area contributed by atoms with Crippen molar-refractivity contribution in [1.29, 1.82) is 0 Å². The molecule has 1 unspecified atom stereocenters. The number of nitrogens with one attached hydrogen (secondary N) is 1. The molecule has 3 amide bonds. The van der Waals surface area contributed by atoms with Gasteiger partial charge in [0.2, 0.25) is 5.91 Å². The zero-order valence-corrected chi connectivity index (χ0v) is 17.5. The van der Waals surface area contributed by atoms with Gasteiger partial charge in [-0.15, -0.1) is 0 Å². The standard InChI is InChI=1S/C26H23N3O3/c30-23(27-17-18-9-2-1-3-10-18)15-8-16-28-24-19-11-4-5-12-20(19)26(32)29(24)22-14-7-6-13-21(22)25(28)31/h1-7,9-14,24H,8,15-17H2,(H,27,30). The van der Waals surface area contributed by atoms with Crippen LogP contribution in [0, 0.1) is 0 Å². The molecule has 32 heavy (non-hydrogen) atoms. The number of para-hydroxylation sites is 1. The Balaban J connectivity index is 1.33. The fraction of sp³-hybridized carbons (Fsp3) is 0.192. The predicted molar refractivity (Wildman–Crippen MR) is 121 cm³/mol. The second-order valence-electron chi connectivity index (χ2n) is 8.02. The lowest BCUT2D eigenvalue weighted by molar-refractivity contribution is -0.121. The van der Waals surface area contributed by atoms with Crippen LogP contribution in [0.25, 0.3) is 0 Å². The van der Waals surface area contributed by atoms with Crippen molar-refractivity contribution in [3.63, 3.8) is 0 Å². The third-order valence-corrected chi connectivity index (χ3v) is 6.02. The molecule has 0 bridgehead atoms. The van der Waals surface area contributed by atoms with E-state index in [-0.39, 0.29) is 17.7 Å². The number of hydrogen-bond acceptors (Lipinski definition) is 3. The van der Waals surface area contributed by atoms with Gasteiger partial charge in [0.25, 0.3) is 11.8 Å². The Morgan fingerprint density at radius 2 is 1.50 bits per heavy atom. The topological polar surface area (TPSA) is 69.7 Å². The fourth-order valence-electron chi connectivity index (χ4n) is 4.49. The number of rotatable bonds is 6. The lowest BCUT2D eigenvalue weighted by Crippen LogP contribution is -2.48. The molecule has 0 radical (unpaired) electrons. The minimum atomic E-state index is -0.478. The average molecular weight is 425 g/mol. The highest BCUT2D eigenvalue weighted by molar-refractivity contribution is 6.16. The van der Waals surface area contributed by atoms with Crippen LogP contribution in [-0.4, -0.2) is 29.2 Å². The lowest BCUT2D eigenvalue weighted by Gasteiger charge is -2.41. The summed E-state index contributed by atoms with van der Waals surface area (Å²) in [5.41, 5.74) is 3.64. The molecule has 6 heteroatoms. The minimum Gasteiger partial charge on any atom is -0.352 e. The SMILES string of the molecule is O=C(CCCN1C(=O)c2ccccc2N2C(=O)c3ccccc3C12)NCc1ccccc1. The number of hydrogen-bond donors (Lipinski definition) is 1. The Morgan fingerprint density at radius 1 is 0.812 bits per heavy atom. The highest BCUT2D eigenvalue weighted by Gasteiger charge is 2.47. The van der Waals surface area contributed by atoms with Crippen LogP contribution < -0.4 is 10.2 Å². The first-order valence-corrected chi connectivity index (χ1v) is 10.8. The van der Waals surface area contributed by atoms with Crippen molar-refractivity contribution in [1.82, 2.24) is 10.2 Å². The number of amides is 3. The van der Waals surface area contributed by atoms with Crippen LogP contribution in [-0.2, 0) is 11.3 Å².